The summed E-state index contributed by atoms with van der Waals surface area (Å²) in [6, 6.07) is 2.62. The van der Waals surface area contributed by atoms with Crippen LogP contribution in [-0.2, 0) is 25.6 Å². The van der Waals surface area contributed by atoms with E-state index < -0.39 is 54.0 Å². The number of carbonyl (C=O) groups excluding carboxylic acids is 3. The molecule has 2 rings (SSSR count). The Labute approximate surface area is 242 Å². The number of aliphatic carboxylic acids is 1. The molecule has 0 spiro atoms. The van der Waals surface area contributed by atoms with Crippen molar-refractivity contribution in [1.82, 2.24) is 20.9 Å². The minimum absolute atomic E-state index is 0.00547. The van der Waals surface area contributed by atoms with E-state index in [4.69, 9.17) is 17.2 Å². The van der Waals surface area contributed by atoms with Gasteiger partial charge in [0.2, 0.25) is 17.7 Å². The summed E-state index contributed by atoms with van der Waals surface area (Å²) in [5, 5.41) is 28.2. The molecule has 5 unspecified atom stereocenters. The van der Waals surface area contributed by atoms with Crippen LogP contribution in [0.2, 0.25) is 0 Å². The van der Waals surface area contributed by atoms with Crippen LogP contribution in [0.25, 0.3) is 10.9 Å². The number of aliphatic hydroxyl groups is 1. The Bertz CT molecular complexity index is 1220. The number of thioether (sulfide) groups is 1. The molecule has 0 radical (unpaired) electrons. The molecule has 0 fully saturated rings. The van der Waals surface area contributed by atoms with Gasteiger partial charge >= 0.3 is 5.97 Å². The Kier molecular flexibility index (Phi) is 13.4. The van der Waals surface area contributed by atoms with E-state index in [2.05, 4.69) is 25.9 Å². The number of guanidine groups is 1. The van der Waals surface area contributed by atoms with Gasteiger partial charge in [0.1, 0.15) is 18.1 Å². The lowest BCUT2D eigenvalue weighted by atomic mass is 10.0. The number of benzene rings is 1. The molecule has 15 heteroatoms. The molecular weight excluding hydrogens is 552 g/mol. The van der Waals surface area contributed by atoms with Gasteiger partial charge in [-0.1, -0.05) is 18.2 Å². The highest BCUT2D eigenvalue weighted by Crippen LogP contribution is 2.19. The Morgan fingerprint density at radius 1 is 1.02 bits per heavy atom. The zero-order chi connectivity index (χ0) is 30.5. The van der Waals surface area contributed by atoms with Gasteiger partial charge in [-0.25, -0.2) is 4.79 Å². The molecule has 1 heterocycles. The Hall–Kier alpha value is -3.82. The number of aliphatic hydroxyl groups excluding tert-OH is 1. The fraction of sp³-hybridized carbons (Fsp3) is 0.500. The van der Waals surface area contributed by atoms with E-state index in [-0.39, 0.29) is 31.8 Å². The van der Waals surface area contributed by atoms with Crippen LogP contribution >= 0.6 is 11.8 Å². The van der Waals surface area contributed by atoms with E-state index in [1.165, 1.54) is 18.7 Å². The summed E-state index contributed by atoms with van der Waals surface area (Å²) >= 11 is 1.53. The first-order valence-electron chi connectivity index (χ1n) is 13.1. The quantitative estimate of drug-likeness (QED) is 0.0600. The lowest BCUT2D eigenvalue weighted by Crippen LogP contribution is -2.60. The predicted octanol–water partition coefficient (Wildman–Crippen LogP) is -1.24. The fourth-order valence-corrected chi connectivity index (χ4v) is 4.56. The van der Waals surface area contributed by atoms with Crippen LogP contribution in [0.3, 0.4) is 0 Å². The van der Waals surface area contributed by atoms with Gasteiger partial charge in [-0.3, -0.25) is 19.4 Å². The van der Waals surface area contributed by atoms with E-state index in [9.17, 15) is 29.4 Å². The molecule has 0 aliphatic carbocycles. The number of rotatable bonds is 17. The topological polar surface area (TPSA) is 251 Å². The molecule has 0 saturated heterocycles. The second kappa shape index (κ2) is 16.4. The van der Waals surface area contributed by atoms with Gasteiger partial charge in [-0.15, -0.1) is 0 Å². The molecular formula is C26H40N8O6S. The molecule has 14 nitrogen and oxygen atoms in total. The van der Waals surface area contributed by atoms with Crippen LogP contribution < -0.4 is 33.2 Å². The number of carbonyl (C=O) groups is 4. The number of aromatic amines is 1. The molecule has 3 amide bonds. The van der Waals surface area contributed by atoms with Crippen molar-refractivity contribution >= 4 is 52.3 Å². The highest BCUT2D eigenvalue weighted by molar-refractivity contribution is 7.98. The number of amides is 3. The molecule has 5 atom stereocenters. The Morgan fingerprint density at radius 3 is 2.34 bits per heavy atom. The van der Waals surface area contributed by atoms with Crippen LogP contribution in [0.4, 0.5) is 0 Å². The summed E-state index contributed by atoms with van der Waals surface area (Å²) in [6.07, 6.45) is 2.95. The summed E-state index contributed by atoms with van der Waals surface area (Å²) in [5.74, 6) is -2.99. The highest BCUT2D eigenvalue weighted by Gasteiger charge is 2.33. The Morgan fingerprint density at radius 2 is 1.71 bits per heavy atom. The number of hydrogen-bond donors (Lipinski definition) is 9. The molecule has 12 N–H and O–H groups in total. The van der Waals surface area contributed by atoms with E-state index >= 15 is 0 Å². The van der Waals surface area contributed by atoms with Crippen LogP contribution in [0, 0.1) is 0 Å². The predicted molar refractivity (Wildman–Crippen MR) is 158 cm³/mol. The van der Waals surface area contributed by atoms with Crippen molar-refractivity contribution in [3.05, 3.63) is 36.0 Å². The summed E-state index contributed by atoms with van der Waals surface area (Å²) < 4.78 is 0. The number of aromatic nitrogens is 1. The van der Waals surface area contributed by atoms with Gasteiger partial charge in [0.05, 0.1) is 12.1 Å². The number of carboxylic acid groups (broad SMARTS) is 1. The maximum Gasteiger partial charge on any atom is 0.326 e. The maximum atomic E-state index is 13.5. The van der Waals surface area contributed by atoms with Crippen LogP contribution in [0.1, 0.15) is 31.7 Å². The average Bonchev–Trinajstić information content (AvgIpc) is 3.33. The largest absolute Gasteiger partial charge is 0.480 e. The van der Waals surface area contributed by atoms with Gasteiger partial charge in [-0.05, 0) is 49.8 Å². The average molecular weight is 593 g/mol. The smallest absolute Gasteiger partial charge is 0.326 e. The standard InChI is InChI=1S/C26H40N8O6S/c1-14(35)21(24(38)32-19(25(39)40)8-5-10-30-26(28)29)34-23(37)20(33-22(36)17(27)9-11-41-2)12-15-13-31-18-7-4-3-6-16(15)18/h3-4,6-7,13-14,17,19-21,31,35H,5,8-12,27H2,1-2H3,(H,32,38)(H,33,36)(H,34,37)(H,39,40)(H4,28,29,30). The second-order valence-corrected chi connectivity index (χ2v) is 10.6. The number of nitrogens with one attached hydrogen (secondary N) is 4. The summed E-state index contributed by atoms with van der Waals surface area (Å²) in [7, 11) is 0. The second-order valence-electron chi connectivity index (χ2n) is 9.59. The number of H-pyrrole nitrogens is 1. The first kappa shape index (κ1) is 33.4. The van der Waals surface area contributed by atoms with Crippen LogP contribution in [-0.4, -0.2) is 93.7 Å². The van der Waals surface area contributed by atoms with Crippen molar-refractivity contribution in [2.45, 2.75) is 62.9 Å². The molecule has 0 aliphatic heterocycles. The number of nitrogens with zero attached hydrogens (tertiary/aromatic N) is 1. The minimum Gasteiger partial charge on any atom is -0.480 e. The van der Waals surface area contributed by atoms with Gasteiger partial charge in [0.15, 0.2) is 5.96 Å². The van der Waals surface area contributed by atoms with Crippen LogP contribution in [0.15, 0.2) is 35.5 Å². The third-order valence-corrected chi connectivity index (χ3v) is 6.97. The van der Waals surface area contributed by atoms with Gasteiger partial charge in [0.25, 0.3) is 0 Å². The van der Waals surface area contributed by atoms with Crippen molar-refractivity contribution in [2.75, 3.05) is 18.6 Å². The van der Waals surface area contributed by atoms with E-state index in [1.54, 1.807) is 6.20 Å². The number of para-hydroxylation sites is 1. The lowest BCUT2D eigenvalue weighted by Gasteiger charge is -2.26. The van der Waals surface area contributed by atoms with Crippen molar-refractivity contribution < 1.29 is 29.4 Å². The maximum absolute atomic E-state index is 13.5. The minimum atomic E-state index is -1.51. The third-order valence-electron chi connectivity index (χ3n) is 6.32. The molecule has 41 heavy (non-hydrogen) atoms. The highest BCUT2D eigenvalue weighted by atomic mass is 32.2. The van der Waals surface area contributed by atoms with Crippen molar-refractivity contribution in [3.8, 4) is 0 Å². The van der Waals surface area contributed by atoms with Gasteiger partial charge in [0, 0.05) is 30.1 Å². The molecule has 2 aromatic rings. The molecule has 226 valence electrons. The molecule has 0 saturated carbocycles. The molecule has 1 aromatic heterocycles. The van der Waals surface area contributed by atoms with Crippen molar-refractivity contribution in [1.29, 1.82) is 0 Å². The zero-order valence-corrected chi connectivity index (χ0v) is 23.9. The number of aliphatic imine (C=N–C) groups is 1. The van der Waals surface area contributed by atoms with E-state index in [0.717, 1.165) is 16.5 Å². The number of hydrogen-bond acceptors (Lipinski definition) is 8. The first-order chi connectivity index (χ1) is 19.4. The first-order valence-corrected chi connectivity index (χ1v) is 14.5. The number of fused-ring (bicyclic) bond motifs is 1. The van der Waals surface area contributed by atoms with Crippen molar-refractivity contribution in [3.63, 3.8) is 0 Å². The van der Waals surface area contributed by atoms with Crippen LogP contribution in [0.5, 0.6) is 0 Å². The normalized spacial score (nSPS) is 14.7. The molecule has 0 aliphatic rings. The molecule has 0 bridgehead atoms. The monoisotopic (exact) mass is 592 g/mol. The number of carboxylic acids is 1. The summed E-state index contributed by atoms with van der Waals surface area (Å²) in [5.41, 5.74) is 18.1. The Balaban J connectivity index is 2.21. The summed E-state index contributed by atoms with van der Waals surface area (Å²) in [4.78, 5) is 57.9. The lowest BCUT2D eigenvalue weighted by molar-refractivity contribution is -0.143. The van der Waals surface area contributed by atoms with Gasteiger partial charge < -0.3 is 48.3 Å². The van der Waals surface area contributed by atoms with E-state index in [0.29, 0.717) is 12.2 Å². The number of nitrogens with two attached hydrogens (primary N) is 3. The third kappa shape index (κ3) is 10.6. The molecule has 1 aromatic carbocycles. The van der Waals surface area contributed by atoms with E-state index in [1.807, 2.05) is 30.5 Å². The fourth-order valence-electron chi connectivity index (χ4n) is 4.07. The summed E-state index contributed by atoms with van der Waals surface area (Å²) in [6.45, 7) is 1.44. The van der Waals surface area contributed by atoms with Gasteiger partial charge in [-0.2, -0.15) is 11.8 Å². The zero-order valence-electron chi connectivity index (χ0n) is 23.1. The van der Waals surface area contributed by atoms with Crippen molar-refractivity contribution in [2.24, 2.45) is 22.2 Å². The SMILES string of the molecule is CSCCC(N)C(=O)NC(Cc1c[nH]c2ccccc12)C(=O)NC(C(=O)NC(CCCN=C(N)N)C(=O)O)C(C)O.